The van der Waals surface area contributed by atoms with Crippen molar-refractivity contribution in [3.8, 4) is 0 Å². The standard InChI is InChI=1S/C13H20O2S/c1-13(2,8-4-3-5-9-14)12(15)11-7-6-10-16-11/h6-7,10,14H,3-5,8-9H2,1-2H3. The molecular formula is C13H20O2S. The Hall–Kier alpha value is -0.670. The van der Waals surface area contributed by atoms with Gasteiger partial charge in [0.05, 0.1) is 4.88 Å². The zero-order chi connectivity index (χ0) is 12.0. The number of carbonyl (C=O) groups is 1. The zero-order valence-corrected chi connectivity index (χ0v) is 10.8. The Morgan fingerprint density at radius 2 is 2.12 bits per heavy atom. The maximum Gasteiger partial charge on any atom is 0.178 e. The first-order valence-electron chi connectivity index (χ1n) is 5.77. The summed E-state index contributed by atoms with van der Waals surface area (Å²) in [6, 6.07) is 3.81. The summed E-state index contributed by atoms with van der Waals surface area (Å²) in [7, 11) is 0. The predicted molar refractivity (Wildman–Crippen MR) is 68.0 cm³/mol. The Morgan fingerprint density at radius 3 is 2.69 bits per heavy atom. The minimum atomic E-state index is -0.277. The second-order valence-electron chi connectivity index (χ2n) is 4.72. The summed E-state index contributed by atoms with van der Waals surface area (Å²) >= 11 is 1.51. The molecule has 16 heavy (non-hydrogen) atoms. The number of thiophene rings is 1. The lowest BCUT2D eigenvalue weighted by Gasteiger charge is -2.22. The van der Waals surface area contributed by atoms with Crippen LogP contribution in [0.15, 0.2) is 17.5 Å². The minimum Gasteiger partial charge on any atom is -0.396 e. The number of hydrogen-bond acceptors (Lipinski definition) is 3. The molecule has 3 heteroatoms. The third-order valence-electron chi connectivity index (χ3n) is 2.82. The number of aliphatic hydroxyl groups is 1. The Bertz CT molecular complexity index is 315. The molecule has 1 aromatic rings. The fourth-order valence-electron chi connectivity index (χ4n) is 1.71. The van der Waals surface area contributed by atoms with Gasteiger partial charge in [-0.1, -0.05) is 32.8 Å². The van der Waals surface area contributed by atoms with Crippen LogP contribution in [0.1, 0.15) is 49.2 Å². The largest absolute Gasteiger partial charge is 0.396 e. The van der Waals surface area contributed by atoms with Gasteiger partial charge in [0, 0.05) is 12.0 Å². The van der Waals surface area contributed by atoms with E-state index in [9.17, 15) is 4.79 Å². The third kappa shape index (κ3) is 3.72. The summed E-state index contributed by atoms with van der Waals surface area (Å²) in [6.45, 7) is 4.27. The quantitative estimate of drug-likeness (QED) is 0.585. The van der Waals surface area contributed by atoms with Crippen LogP contribution in [0.3, 0.4) is 0 Å². The van der Waals surface area contributed by atoms with E-state index in [-0.39, 0.29) is 17.8 Å². The number of unbranched alkanes of at least 4 members (excludes halogenated alkanes) is 2. The van der Waals surface area contributed by atoms with Crippen molar-refractivity contribution in [2.45, 2.75) is 39.5 Å². The second-order valence-corrected chi connectivity index (χ2v) is 5.67. The molecule has 0 saturated carbocycles. The van der Waals surface area contributed by atoms with Gasteiger partial charge in [0.25, 0.3) is 0 Å². The molecule has 0 saturated heterocycles. The Balaban J connectivity index is 2.47. The molecule has 0 spiro atoms. The average Bonchev–Trinajstić information content (AvgIpc) is 2.76. The van der Waals surface area contributed by atoms with Crippen molar-refractivity contribution in [2.24, 2.45) is 5.41 Å². The van der Waals surface area contributed by atoms with Gasteiger partial charge in [-0.25, -0.2) is 0 Å². The van der Waals surface area contributed by atoms with Crippen molar-refractivity contribution in [2.75, 3.05) is 6.61 Å². The summed E-state index contributed by atoms with van der Waals surface area (Å²) in [5.74, 6) is 0.242. The van der Waals surface area contributed by atoms with Crippen LogP contribution in [-0.4, -0.2) is 17.5 Å². The van der Waals surface area contributed by atoms with E-state index < -0.39 is 0 Å². The molecule has 0 fully saturated rings. The van der Waals surface area contributed by atoms with Gasteiger partial charge in [0.1, 0.15) is 0 Å². The van der Waals surface area contributed by atoms with Crippen LogP contribution in [0.2, 0.25) is 0 Å². The predicted octanol–water partition coefficient (Wildman–Crippen LogP) is 3.51. The number of ketones is 1. The molecular weight excluding hydrogens is 220 g/mol. The highest BCUT2D eigenvalue weighted by atomic mass is 32.1. The zero-order valence-electron chi connectivity index (χ0n) is 10.0. The molecule has 0 aromatic carbocycles. The van der Waals surface area contributed by atoms with E-state index in [0.29, 0.717) is 0 Å². The fraction of sp³-hybridized carbons (Fsp3) is 0.615. The Kier molecular flexibility index (Phi) is 5.16. The van der Waals surface area contributed by atoms with Gasteiger partial charge < -0.3 is 5.11 Å². The van der Waals surface area contributed by atoms with E-state index in [2.05, 4.69) is 0 Å². The van der Waals surface area contributed by atoms with Gasteiger partial charge in [0.2, 0.25) is 0 Å². The highest BCUT2D eigenvalue weighted by Gasteiger charge is 2.28. The molecule has 1 heterocycles. The molecule has 1 aromatic heterocycles. The second kappa shape index (κ2) is 6.16. The highest BCUT2D eigenvalue weighted by Crippen LogP contribution is 2.30. The monoisotopic (exact) mass is 240 g/mol. The van der Waals surface area contributed by atoms with Crippen LogP contribution in [0.5, 0.6) is 0 Å². The maximum absolute atomic E-state index is 12.2. The van der Waals surface area contributed by atoms with E-state index in [0.717, 1.165) is 30.6 Å². The van der Waals surface area contributed by atoms with Crippen LogP contribution in [-0.2, 0) is 0 Å². The van der Waals surface area contributed by atoms with Crippen molar-refractivity contribution >= 4 is 17.1 Å². The van der Waals surface area contributed by atoms with Gasteiger partial charge in [-0.3, -0.25) is 4.79 Å². The van der Waals surface area contributed by atoms with Gasteiger partial charge in [-0.05, 0) is 24.3 Å². The summed E-state index contributed by atoms with van der Waals surface area (Å²) < 4.78 is 0. The van der Waals surface area contributed by atoms with E-state index >= 15 is 0 Å². The van der Waals surface area contributed by atoms with Crippen LogP contribution in [0, 0.1) is 5.41 Å². The van der Waals surface area contributed by atoms with E-state index in [4.69, 9.17) is 5.11 Å². The molecule has 1 rings (SSSR count). The van der Waals surface area contributed by atoms with Gasteiger partial charge >= 0.3 is 0 Å². The highest BCUT2D eigenvalue weighted by molar-refractivity contribution is 7.12. The van der Waals surface area contributed by atoms with Crippen molar-refractivity contribution < 1.29 is 9.90 Å². The number of aliphatic hydroxyl groups excluding tert-OH is 1. The summed E-state index contributed by atoms with van der Waals surface area (Å²) in [4.78, 5) is 13.0. The number of rotatable bonds is 7. The molecule has 2 nitrogen and oxygen atoms in total. The van der Waals surface area contributed by atoms with E-state index in [1.807, 2.05) is 31.4 Å². The van der Waals surface area contributed by atoms with E-state index in [1.54, 1.807) is 0 Å². The molecule has 0 unspecified atom stereocenters. The SMILES string of the molecule is CC(C)(CCCCCO)C(=O)c1cccs1. The maximum atomic E-state index is 12.2. The molecule has 1 N–H and O–H groups in total. The first kappa shape index (κ1) is 13.4. The van der Waals surface area contributed by atoms with Crippen LogP contribution in [0.4, 0.5) is 0 Å². The van der Waals surface area contributed by atoms with Crippen molar-refractivity contribution in [3.05, 3.63) is 22.4 Å². The van der Waals surface area contributed by atoms with Crippen LogP contribution < -0.4 is 0 Å². The molecule has 0 amide bonds. The van der Waals surface area contributed by atoms with Crippen molar-refractivity contribution in [1.29, 1.82) is 0 Å². The van der Waals surface area contributed by atoms with Crippen LogP contribution in [0.25, 0.3) is 0 Å². The number of carbonyl (C=O) groups excluding carboxylic acids is 1. The van der Waals surface area contributed by atoms with Gasteiger partial charge in [-0.2, -0.15) is 0 Å². The van der Waals surface area contributed by atoms with Gasteiger partial charge in [-0.15, -0.1) is 11.3 Å². The normalized spacial score (nSPS) is 11.7. The number of Topliss-reactive ketones (excluding diaryl/α,β-unsaturated/α-hetero) is 1. The third-order valence-corrected chi connectivity index (χ3v) is 3.69. The lowest BCUT2D eigenvalue weighted by Crippen LogP contribution is -2.23. The first-order valence-corrected chi connectivity index (χ1v) is 6.65. The summed E-state index contributed by atoms with van der Waals surface area (Å²) in [6.07, 6.45) is 3.73. The summed E-state index contributed by atoms with van der Waals surface area (Å²) in [5.41, 5.74) is -0.277. The lowest BCUT2D eigenvalue weighted by molar-refractivity contribution is 0.0827. The Labute approximate surface area is 101 Å². The average molecular weight is 240 g/mol. The molecule has 0 radical (unpaired) electrons. The molecule has 0 atom stereocenters. The molecule has 0 aliphatic heterocycles. The summed E-state index contributed by atoms with van der Waals surface area (Å²) in [5, 5.41) is 10.6. The molecule has 90 valence electrons. The smallest absolute Gasteiger partial charge is 0.178 e. The van der Waals surface area contributed by atoms with Crippen molar-refractivity contribution in [3.63, 3.8) is 0 Å². The molecule has 0 aliphatic rings. The molecule has 0 aliphatic carbocycles. The first-order chi connectivity index (χ1) is 7.58. The van der Waals surface area contributed by atoms with E-state index in [1.165, 1.54) is 11.3 Å². The fourth-order valence-corrected chi connectivity index (χ4v) is 2.55. The van der Waals surface area contributed by atoms with Gasteiger partial charge in [0.15, 0.2) is 5.78 Å². The minimum absolute atomic E-state index is 0.242. The van der Waals surface area contributed by atoms with Crippen molar-refractivity contribution in [1.82, 2.24) is 0 Å². The molecule has 0 bridgehead atoms. The Morgan fingerprint density at radius 1 is 1.38 bits per heavy atom. The number of hydrogen-bond donors (Lipinski definition) is 1. The topological polar surface area (TPSA) is 37.3 Å². The lowest BCUT2D eigenvalue weighted by atomic mass is 9.82. The van der Waals surface area contributed by atoms with Crippen LogP contribution >= 0.6 is 11.3 Å².